The Morgan fingerprint density at radius 2 is 1.89 bits per heavy atom. The van der Waals surface area contributed by atoms with E-state index in [1.807, 2.05) is 30.1 Å². The van der Waals surface area contributed by atoms with Crippen LogP contribution in [0.25, 0.3) is 0 Å². The molecular weight excluding hydrogens is 229 g/mol. The maximum Gasteiger partial charge on any atom is 0.150 e. The number of benzene rings is 2. The molecule has 0 saturated heterocycles. The van der Waals surface area contributed by atoms with E-state index in [2.05, 4.69) is 0 Å². The molecule has 0 fully saturated rings. The Balaban J connectivity index is 2.10. The smallest absolute Gasteiger partial charge is 0.150 e. The average Bonchev–Trinajstić information content (AvgIpc) is 2.39. The Hall–Kier alpha value is -2.16. The second kappa shape index (κ2) is 5.45. The first-order valence-electron chi connectivity index (χ1n) is 5.70. The summed E-state index contributed by atoms with van der Waals surface area (Å²) in [5.41, 5.74) is 2.56. The summed E-state index contributed by atoms with van der Waals surface area (Å²) in [6, 6.07) is 13.8. The lowest BCUT2D eigenvalue weighted by Crippen LogP contribution is -2.16. The van der Waals surface area contributed by atoms with Crippen LogP contribution >= 0.6 is 0 Å². The van der Waals surface area contributed by atoms with Crippen molar-refractivity contribution in [3.63, 3.8) is 0 Å². The minimum atomic E-state index is -0.240. The van der Waals surface area contributed by atoms with Crippen LogP contribution in [0.3, 0.4) is 0 Å². The second-order valence-corrected chi connectivity index (χ2v) is 4.20. The summed E-state index contributed by atoms with van der Waals surface area (Å²) in [5, 5.41) is 0. The fourth-order valence-corrected chi connectivity index (χ4v) is 1.78. The van der Waals surface area contributed by atoms with Crippen molar-refractivity contribution in [2.75, 3.05) is 11.9 Å². The summed E-state index contributed by atoms with van der Waals surface area (Å²) >= 11 is 0. The zero-order chi connectivity index (χ0) is 13.0. The quantitative estimate of drug-likeness (QED) is 0.768. The van der Waals surface area contributed by atoms with E-state index in [9.17, 15) is 9.18 Å². The van der Waals surface area contributed by atoms with Gasteiger partial charge in [-0.2, -0.15) is 0 Å². The van der Waals surface area contributed by atoms with E-state index in [0.29, 0.717) is 12.1 Å². The normalized spacial score (nSPS) is 10.1. The maximum atomic E-state index is 13.1. The highest BCUT2D eigenvalue weighted by Gasteiger charge is 2.03. The van der Waals surface area contributed by atoms with Gasteiger partial charge in [0.15, 0.2) is 0 Å². The van der Waals surface area contributed by atoms with Gasteiger partial charge in [0.2, 0.25) is 0 Å². The number of rotatable bonds is 4. The standard InChI is InChI=1S/C15H14FNO/c1-17(15-4-2-3-14(16)9-15)10-12-5-7-13(11-18)8-6-12/h2-9,11H,10H2,1H3. The van der Waals surface area contributed by atoms with Crippen LogP contribution in [-0.2, 0) is 6.54 Å². The Bertz CT molecular complexity index is 536. The summed E-state index contributed by atoms with van der Waals surface area (Å²) < 4.78 is 13.1. The lowest BCUT2D eigenvalue weighted by Gasteiger charge is -2.19. The van der Waals surface area contributed by atoms with Crippen LogP contribution in [0.15, 0.2) is 48.5 Å². The largest absolute Gasteiger partial charge is 0.370 e. The zero-order valence-corrected chi connectivity index (χ0v) is 10.1. The number of anilines is 1. The molecule has 0 amide bonds. The van der Waals surface area contributed by atoms with Gasteiger partial charge in [-0.1, -0.05) is 30.3 Å². The lowest BCUT2D eigenvalue weighted by atomic mass is 10.1. The predicted molar refractivity (Wildman–Crippen MR) is 70.3 cm³/mol. The predicted octanol–water partition coefficient (Wildman–Crippen LogP) is 3.27. The third-order valence-electron chi connectivity index (χ3n) is 2.78. The van der Waals surface area contributed by atoms with Crippen molar-refractivity contribution in [3.05, 3.63) is 65.5 Å². The number of halogens is 1. The van der Waals surface area contributed by atoms with Crippen LogP contribution < -0.4 is 4.90 Å². The maximum absolute atomic E-state index is 13.1. The van der Waals surface area contributed by atoms with Gasteiger partial charge in [0.25, 0.3) is 0 Å². The molecule has 0 radical (unpaired) electrons. The van der Waals surface area contributed by atoms with E-state index >= 15 is 0 Å². The Labute approximate surface area is 106 Å². The molecule has 0 atom stereocenters. The molecule has 0 heterocycles. The molecular formula is C15H14FNO. The highest BCUT2D eigenvalue weighted by Crippen LogP contribution is 2.16. The highest BCUT2D eigenvalue weighted by atomic mass is 19.1. The molecule has 2 aromatic rings. The first-order valence-corrected chi connectivity index (χ1v) is 5.70. The number of hydrogen-bond donors (Lipinski definition) is 0. The summed E-state index contributed by atoms with van der Waals surface area (Å²) in [6.45, 7) is 0.669. The highest BCUT2D eigenvalue weighted by molar-refractivity contribution is 5.74. The van der Waals surface area contributed by atoms with Crippen molar-refractivity contribution >= 4 is 12.0 Å². The molecule has 0 bridgehead atoms. The van der Waals surface area contributed by atoms with Gasteiger partial charge < -0.3 is 4.90 Å². The van der Waals surface area contributed by atoms with E-state index in [1.165, 1.54) is 12.1 Å². The molecule has 18 heavy (non-hydrogen) atoms. The molecule has 0 N–H and O–H groups in total. The summed E-state index contributed by atoms with van der Waals surface area (Å²) in [5.74, 6) is -0.240. The first-order chi connectivity index (χ1) is 8.69. The van der Waals surface area contributed by atoms with Crippen molar-refractivity contribution in [2.45, 2.75) is 6.54 Å². The van der Waals surface area contributed by atoms with Gasteiger partial charge in [0.05, 0.1) is 0 Å². The van der Waals surface area contributed by atoms with Gasteiger partial charge >= 0.3 is 0 Å². The van der Waals surface area contributed by atoms with Gasteiger partial charge in [-0.25, -0.2) is 4.39 Å². The van der Waals surface area contributed by atoms with Crippen molar-refractivity contribution in [3.8, 4) is 0 Å². The number of carbonyl (C=O) groups is 1. The molecule has 2 nitrogen and oxygen atoms in total. The molecule has 0 aliphatic heterocycles. The Morgan fingerprint density at radius 1 is 1.17 bits per heavy atom. The third kappa shape index (κ3) is 2.94. The Kier molecular flexibility index (Phi) is 3.72. The molecule has 0 unspecified atom stereocenters. The van der Waals surface area contributed by atoms with E-state index < -0.39 is 0 Å². The van der Waals surface area contributed by atoms with Gasteiger partial charge in [-0.15, -0.1) is 0 Å². The van der Waals surface area contributed by atoms with E-state index in [1.54, 1.807) is 18.2 Å². The van der Waals surface area contributed by atoms with Gasteiger partial charge in [-0.05, 0) is 23.8 Å². The molecule has 0 spiro atoms. The van der Waals surface area contributed by atoms with Crippen molar-refractivity contribution in [1.29, 1.82) is 0 Å². The molecule has 0 aliphatic rings. The zero-order valence-electron chi connectivity index (χ0n) is 10.1. The lowest BCUT2D eigenvalue weighted by molar-refractivity contribution is 0.112. The fraction of sp³-hybridized carbons (Fsp3) is 0.133. The van der Waals surface area contributed by atoms with Crippen LogP contribution in [-0.4, -0.2) is 13.3 Å². The number of nitrogens with zero attached hydrogens (tertiary/aromatic N) is 1. The van der Waals surface area contributed by atoms with Crippen LogP contribution in [0.1, 0.15) is 15.9 Å². The topological polar surface area (TPSA) is 20.3 Å². The van der Waals surface area contributed by atoms with Crippen molar-refractivity contribution in [1.82, 2.24) is 0 Å². The van der Waals surface area contributed by atoms with Crippen LogP contribution in [0, 0.1) is 5.82 Å². The Morgan fingerprint density at radius 3 is 2.50 bits per heavy atom. The number of hydrogen-bond acceptors (Lipinski definition) is 2. The number of carbonyl (C=O) groups excluding carboxylic acids is 1. The average molecular weight is 243 g/mol. The van der Waals surface area contributed by atoms with Gasteiger partial charge in [0, 0.05) is 24.8 Å². The molecule has 92 valence electrons. The first kappa shape index (κ1) is 12.3. The van der Waals surface area contributed by atoms with Crippen LogP contribution in [0.5, 0.6) is 0 Å². The minimum absolute atomic E-state index is 0.240. The van der Waals surface area contributed by atoms with Crippen LogP contribution in [0.2, 0.25) is 0 Å². The summed E-state index contributed by atoms with van der Waals surface area (Å²) in [6.07, 6.45) is 0.820. The molecule has 2 rings (SSSR count). The van der Waals surface area contributed by atoms with Crippen molar-refractivity contribution in [2.24, 2.45) is 0 Å². The van der Waals surface area contributed by atoms with E-state index in [4.69, 9.17) is 0 Å². The van der Waals surface area contributed by atoms with Crippen LogP contribution in [0.4, 0.5) is 10.1 Å². The van der Waals surface area contributed by atoms with E-state index in [-0.39, 0.29) is 5.82 Å². The van der Waals surface area contributed by atoms with E-state index in [0.717, 1.165) is 17.5 Å². The summed E-state index contributed by atoms with van der Waals surface area (Å²) in [4.78, 5) is 12.5. The molecule has 0 saturated carbocycles. The van der Waals surface area contributed by atoms with Gasteiger partial charge in [0.1, 0.15) is 12.1 Å². The molecule has 2 aromatic carbocycles. The minimum Gasteiger partial charge on any atom is -0.370 e. The SMILES string of the molecule is CN(Cc1ccc(C=O)cc1)c1cccc(F)c1. The fourth-order valence-electron chi connectivity index (χ4n) is 1.78. The molecule has 0 aromatic heterocycles. The monoisotopic (exact) mass is 243 g/mol. The van der Waals surface area contributed by atoms with Crippen molar-refractivity contribution < 1.29 is 9.18 Å². The molecule has 3 heteroatoms. The second-order valence-electron chi connectivity index (χ2n) is 4.20. The van der Waals surface area contributed by atoms with Gasteiger partial charge in [-0.3, -0.25) is 4.79 Å². The molecule has 0 aliphatic carbocycles. The third-order valence-corrected chi connectivity index (χ3v) is 2.78. The summed E-state index contributed by atoms with van der Waals surface area (Å²) in [7, 11) is 1.91. The number of aldehydes is 1.